The number of aromatic amines is 1. The summed E-state index contributed by atoms with van der Waals surface area (Å²) in [5.74, 6) is -0.231. The molecule has 0 aliphatic rings. The molecule has 0 radical (unpaired) electrons. The van der Waals surface area contributed by atoms with Crippen molar-refractivity contribution in [2.45, 2.75) is 26.1 Å². The van der Waals surface area contributed by atoms with Gasteiger partial charge >= 0.3 is 6.18 Å². The van der Waals surface area contributed by atoms with Gasteiger partial charge in [-0.15, -0.1) is 0 Å². The summed E-state index contributed by atoms with van der Waals surface area (Å²) in [6.07, 6.45) is -3.75. The number of hydrogen-bond acceptors (Lipinski definition) is 3. The zero-order chi connectivity index (χ0) is 20.3. The SMILES string of the molecule is CCOc1cc(C(=O)N(C)Cc2cccc3cn[nH]c23)ccc1CC(F)(F)F. The molecule has 0 aliphatic carbocycles. The number of carbonyl (C=O) groups is 1. The smallest absolute Gasteiger partial charge is 0.393 e. The predicted molar refractivity (Wildman–Crippen MR) is 99.3 cm³/mol. The first kappa shape index (κ1) is 19.7. The molecule has 0 atom stereocenters. The van der Waals surface area contributed by atoms with E-state index in [9.17, 15) is 18.0 Å². The summed E-state index contributed by atoms with van der Waals surface area (Å²) in [6, 6.07) is 9.76. The average Bonchev–Trinajstić information content (AvgIpc) is 3.11. The Hall–Kier alpha value is -3.03. The quantitative estimate of drug-likeness (QED) is 0.680. The zero-order valence-corrected chi connectivity index (χ0v) is 15.5. The van der Waals surface area contributed by atoms with Crippen molar-refractivity contribution in [2.24, 2.45) is 0 Å². The fraction of sp³-hybridized carbons (Fsp3) is 0.300. The average molecular weight is 391 g/mol. The molecule has 1 heterocycles. The van der Waals surface area contributed by atoms with Crippen LogP contribution in [0.1, 0.15) is 28.4 Å². The van der Waals surface area contributed by atoms with Gasteiger partial charge in [-0.1, -0.05) is 24.3 Å². The molecule has 1 N–H and O–H groups in total. The lowest BCUT2D eigenvalue weighted by Gasteiger charge is -2.19. The molecular formula is C20H20F3N3O2. The van der Waals surface area contributed by atoms with Gasteiger partial charge in [0.1, 0.15) is 5.75 Å². The van der Waals surface area contributed by atoms with E-state index < -0.39 is 12.6 Å². The second kappa shape index (κ2) is 7.92. The maximum absolute atomic E-state index is 12.8. The van der Waals surface area contributed by atoms with Gasteiger partial charge in [-0.3, -0.25) is 9.89 Å². The number of benzene rings is 2. The number of nitrogens with one attached hydrogen (secondary N) is 1. The summed E-state index contributed by atoms with van der Waals surface area (Å²) < 4.78 is 43.6. The van der Waals surface area contributed by atoms with Crippen molar-refractivity contribution >= 4 is 16.8 Å². The summed E-state index contributed by atoms with van der Waals surface area (Å²) in [6.45, 7) is 2.22. The fourth-order valence-corrected chi connectivity index (χ4v) is 3.05. The van der Waals surface area contributed by atoms with Crippen LogP contribution in [0.15, 0.2) is 42.6 Å². The maximum atomic E-state index is 12.8. The summed E-state index contributed by atoms with van der Waals surface area (Å²) in [7, 11) is 1.64. The van der Waals surface area contributed by atoms with E-state index >= 15 is 0 Å². The van der Waals surface area contributed by atoms with E-state index in [1.54, 1.807) is 20.2 Å². The topological polar surface area (TPSA) is 58.2 Å². The molecule has 8 heteroatoms. The van der Waals surface area contributed by atoms with Crippen LogP contribution in [0.25, 0.3) is 10.9 Å². The highest BCUT2D eigenvalue weighted by molar-refractivity contribution is 5.95. The van der Waals surface area contributed by atoms with Gasteiger partial charge in [0.05, 0.1) is 24.7 Å². The third-order valence-corrected chi connectivity index (χ3v) is 4.32. The first-order chi connectivity index (χ1) is 13.3. The van der Waals surface area contributed by atoms with Gasteiger partial charge in [0.2, 0.25) is 0 Å². The minimum absolute atomic E-state index is 0.00998. The number of alkyl halides is 3. The number of nitrogens with zero attached hydrogens (tertiary/aromatic N) is 2. The molecule has 0 spiro atoms. The minimum Gasteiger partial charge on any atom is -0.494 e. The van der Waals surface area contributed by atoms with Crippen LogP contribution < -0.4 is 4.74 Å². The van der Waals surface area contributed by atoms with Crippen molar-refractivity contribution in [2.75, 3.05) is 13.7 Å². The Morgan fingerprint density at radius 2 is 2.00 bits per heavy atom. The van der Waals surface area contributed by atoms with Gasteiger partial charge in [0, 0.05) is 30.1 Å². The normalized spacial score (nSPS) is 11.6. The molecule has 0 saturated carbocycles. The predicted octanol–water partition coefficient (Wildman–Crippen LogP) is 4.34. The first-order valence-corrected chi connectivity index (χ1v) is 8.77. The Morgan fingerprint density at radius 1 is 1.21 bits per heavy atom. The van der Waals surface area contributed by atoms with E-state index in [0.29, 0.717) is 6.54 Å². The molecule has 1 aromatic heterocycles. The first-order valence-electron chi connectivity index (χ1n) is 8.77. The Bertz CT molecular complexity index is 982. The number of aromatic nitrogens is 2. The van der Waals surface area contributed by atoms with Crippen molar-refractivity contribution in [1.82, 2.24) is 15.1 Å². The number of halogens is 3. The largest absolute Gasteiger partial charge is 0.494 e. The van der Waals surface area contributed by atoms with Crippen LogP contribution in [0.5, 0.6) is 5.75 Å². The minimum atomic E-state index is -4.35. The monoisotopic (exact) mass is 391 g/mol. The lowest BCUT2D eigenvalue weighted by Crippen LogP contribution is -2.26. The third kappa shape index (κ3) is 4.44. The molecule has 5 nitrogen and oxygen atoms in total. The van der Waals surface area contributed by atoms with Crippen LogP contribution in [0, 0.1) is 0 Å². The van der Waals surface area contributed by atoms with Crippen LogP contribution in [0.3, 0.4) is 0 Å². The van der Waals surface area contributed by atoms with Gasteiger partial charge in [-0.05, 0) is 24.6 Å². The molecule has 148 valence electrons. The summed E-state index contributed by atoms with van der Waals surface area (Å²) >= 11 is 0. The molecule has 0 aliphatic heterocycles. The second-order valence-electron chi connectivity index (χ2n) is 6.46. The number of carbonyl (C=O) groups excluding carboxylic acids is 1. The molecule has 28 heavy (non-hydrogen) atoms. The maximum Gasteiger partial charge on any atom is 0.393 e. The molecular weight excluding hydrogens is 371 g/mol. The highest BCUT2D eigenvalue weighted by Gasteiger charge is 2.29. The van der Waals surface area contributed by atoms with Crippen LogP contribution in [0.4, 0.5) is 13.2 Å². The molecule has 0 bridgehead atoms. The van der Waals surface area contributed by atoms with E-state index in [1.165, 1.54) is 23.1 Å². The van der Waals surface area contributed by atoms with Crippen LogP contribution >= 0.6 is 0 Å². The van der Waals surface area contributed by atoms with Gasteiger partial charge in [-0.2, -0.15) is 18.3 Å². The number of fused-ring (bicyclic) bond motifs is 1. The number of amides is 1. The summed E-state index contributed by atoms with van der Waals surface area (Å²) in [4.78, 5) is 14.3. The van der Waals surface area contributed by atoms with Gasteiger partial charge < -0.3 is 9.64 Å². The molecule has 3 rings (SSSR count). The van der Waals surface area contributed by atoms with Crippen molar-refractivity contribution in [3.8, 4) is 5.75 Å². The third-order valence-electron chi connectivity index (χ3n) is 4.32. The Kier molecular flexibility index (Phi) is 5.58. The van der Waals surface area contributed by atoms with E-state index in [0.717, 1.165) is 16.5 Å². The van der Waals surface area contributed by atoms with Gasteiger partial charge in [-0.25, -0.2) is 0 Å². The lowest BCUT2D eigenvalue weighted by atomic mass is 10.1. The highest BCUT2D eigenvalue weighted by atomic mass is 19.4. The van der Waals surface area contributed by atoms with E-state index in [4.69, 9.17) is 4.74 Å². The number of hydrogen-bond donors (Lipinski definition) is 1. The van der Waals surface area contributed by atoms with E-state index in [2.05, 4.69) is 10.2 Å². The van der Waals surface area contributed by atoms with Gasteiger partial charge in [0.15, 0.2) is 0 Å². The fourth-order valence-electron chi connectivity index (χ4n) is 3.05. The second-order valence-corrected chi connectivity index (χ2v) is 6.46. The van der Waals surface area contributed by atoms with Crippen molar-refractivity contribution < 1.29 is 22.7 Å². The molecule has 0 fully saturated rings. The van der Waals surface area contributed by atoms with E-state index in [1.807, 2.05) is 18.2 Å². The van der Waals surface area contributed by atoms with E-state index in [-0.39, 0.29) is 29.4 Å². The highest BCUT2D eigenvalue weighted by Crippen LogP contribution is 2.29. The molecule has 1 amide bonds. The molecule has 3 aromatic rings. The Balaban J connectivity index is 1.82. The lowest BCUT2D eigenvalue weighted by molar-refractivity contribution is -0.127. The van der Waals surface area contributed by atoms with Crippen molar-refractivity contribution in [3.63, 3.8) is 0 Å². The number of ether oxygens (including phenoxy) is 1. The Morgan fingerprint density at radius 3 is 2.71 bits per heavy atom. The Labute approximate surface area is 160 Å². The molecule has 0 saturated heterocycles. The van der Waals surface area contributed by atoms with Crippen molar-refractivity contribution in [3.05, 3.63) is 59.3 Å². The van der Waals surface area contributed by atoms with Crippen LogP contribution in [-0.4, -0.2) is 40.8 Å². The summed E-state index contributed by atoms with van der Waals surface area (Å²) in [5, 5.41) is 7.86. The summed E-state index contributed by atoms with van der Waals surface area (Å²) in [5.41, 5.74) is 2.02. The standard InChI is InChI=1S/C20H20F3N3O2/c1-3-28-17-9-13(7-8-14(17)10-20(21,22)23)19(27)26(2)12-16-6-4-5-15-11-24-25-18(15)16/h4-9,11H,3,10,12H2,1-2H3,(H,24,25). The number of H-pyrrole nitrogens is 1. The van der Waals surface area contributed by atoms with Crippen LogP contribution in [0.2, 0.25) is 0 Å². The van der Waals surface area contributed by atoms with Crippen molar-refractivity contribution in [1.29, 1.82) is 0 Å². The molecule has 2 aromatic carbocycles. The molecule has 0 unspecified atom stereocenters. The zero-order valence-electron chi connectivity index (χ0n) is 15.5. The van der Waals surface area contributed by atoms with Gasteiger partial charge in [0.25, 0.3) is 5.91 Å². The number of rotatable bonds is 6. The number of para-hydroxylation sites is 1. The van der Waals surface area contributed by atoms with Crippen LogP contribution in [-0.2, 0) is 13.0 Å².